The Balaban J connectivity index is 0.000000537. The normalized spacial score (nSPS) is 22.5. The molecule has 1 aromatic carbocycles. The molecular weight excluding hydrogens is 627 g/mol. The minimum Gasteiger partial charge on any atom is -0.490 e. The minimum atomic E-state index is -5.08. The summed E-state index contributed by atoms with van der Waals surface area (Å²) in [6.45, 7) is 4.57. The van der Waals surface area contributed by atoms with Crippen LogP contribution < -0.4 is 15.0 Å². The summed E-state index contributed by atoms with van der Waals surface area (Å²) in [6, 6.07) is 11.5. The van der Waals surface area contributed by atoms with E-state index < -0.39 is 12.1 Å². The van der Waals surface area contributed by atoms with E-state index in [9.17, 15) is 18.0 Å². The zero-order valence-electron chi connectivity index (χ0n) is 25.3. The number of rotatable bonds is 6. The second-order valence-corrected chi connectivity index (χ2v) is 12.4. The summed E-state index contributed by atoms with van der Waals surface area (Å²) in [4.78, 5) is 31.5. The van der Waals surface area contributed by atoms with Crippen molar-refractivity contribution in [2.45, 2.75) is 88.4 Å². The van der Waals surface area contributed by atoms with Gasteiger partial charge in [-0.1, -0.05) is 11.6 Å². The predicted molar refractivity (Wildman–Crippen MR) is 163 cm³/mol. The molecule has 3 aliphatic heterocycles. The van der Waals surface area contributed by atoms with Crippen LogP contribution in [0, 0.1) is 11.3 Å². The first kappa shape index (κ1) is 33.8. The highest BCUT2D eigenvalue weighted by atomic mass is 35.5. The van der Waals surface area contributed by atoms with Crippen LogP contribution in [0.5, 0.6) is 5.75 Å². The van der Waals surface area contributed by atoms with Crippen LogP contribution >= 0.6 is 11.6 Å². The van der Waals surface area contributed by atoms with Crippen molar-refractivity contribution < 1.29 is 37.3 Å². The standard InChI is InChI=1S/C30H36ClN5O3.C2HF3O2/c31-27-17-25(4-1-20(27)18-32)39-22-5-2-21(3-6-22)36-19-28-26(30(36)37)7-8-29(34-28)35-15-11-24(12-16-35)38-23-9-13-33-14-10-23;3-2(4,5)1(6)7/h1,4,7-8,17,21-24,33H,2-3,5-6,9-16,19H2;(H,6,7). The molecule has 6 rings (SSSR count). The van der Waals surface area contributed by atoms with E-state index in [1.165, 1.54) is 0 Å². The summed E-state index contributed by atoms with van der Waals surface area (Å²) in [5, 5.41) is 20.0. The number of benzene rings is 1. The van der Waals surface area contributed by atoms with Crippen molar-refractivity contribution in [2.24, 2.45) is 0 Å². The fraction of sp³-hybridized carbons (Fsp3) is 0.562. The molecule has 1 aromatic heterocycles. The lowest BCUT2D eigenvalue weighted by molar-refractivity contribution is -0.192. The first-order valence-electron chi connectivity index (χ1n) is 15.6. The van der Waals surface area contributed by atoms with Crippen LogP contribution in [0.1, 0.15) is 73.0 Å². The van der Waals surface area contributed by atoms with Crippen LogP contribution in [-0.2, 0) is 16.1 Å². The Hall–Kier alpha value is -3.60. The van der Waals surface area contributed by atoms with Crippen LogP contribution in [0.3, 0.4) is 0 Å². The van der Waals surface area contributed by atoms with Gasteiger partial charge in [0, 0.05) is 25.2 Å². The molecule has 10 nitrogen and oxygen atoms in total. The highest BCUT2D eigenvalue weighted by Gasteiger charge is 2.38. The quantitative estimate of drug-likeness (QED) is 0.422. The average Bonchev–Trinajstić information content (AvgIpc) is 3.37. The van der Waals surface area contributed by atoms with E-state index in [1.807, 2.05) is 17.0 Å². The Labute approximate surface area is 270 Å². The number of nitrogens with zero attached hydrogens (tertiary/aromatic N) is 4. The van der Waals surface area contributed by atoms with Gasteiger partial charge < -0.3 is 29.7 Å². The summed E-state index contributed by atoms with van der Waals surface area (Å²) in [5.41, 5.74) is 2.09. The van der Waals surface area contributed by atoms with Crippen molar-refractivity contribution in [1.29, 1.82) is 5.26 Å². The number of hydrogen-bond acceptors (Lipinski definition) is 8. The molecule has 3 fully saturated rings. The highest BCUT2D eigenvalue weighted by Crippen LogP contribution is 2.34. The predicted octanol–water partition coefficient (Wildman–Crippen LogP) is 5.32. The van der Waals surface area contributed by atoms with E-state index in [-0.39, 0.29) is 18.1 Å². The van der Waals surface area contributed by atoms with Gasteiger partial charge in [-0.2, -0.15) is 18.4 Å². The zero-order chi connectivity index (χ0) is 32.8. The number of aliphatic carboxylic acids is 1. The summed E-state index contributed by atoms with van der Waals surface area (Å²) >= 11 is 6.16. The molecule has 0 spiro atoms. The number of piperidine rings is 2. The molecule has 2 saturated heterocycles. The van der Waals surface area contributed by atoms with Crippen molar-refractivity contribution in [2.75, 3.05) is 31.1 Å². The van der Waals surface area contributed by atoms with E-state index in [1.54, 1.807) is 18.2 Å². The summed E-state index contributed by atoms with van der Waals surface area (Å²) in [6.07, 6.45) is 3.52. The van der Waals surface area contributed by atoms with Crippen molar-refractivity contribution in [3.8, 4) is 11.8 Å². The van der Waals surface area contributed by atoms with E-state index >= 15 is 0 Å². The summed E-state index contributed by atoms with van der Waals surface area (Å²) in [5.74, 6) is -0.999. The van der Waals surface area contributed by atoms with E-state index in [4.69, 9.17) is 41.2 Å². The highest BCUT2D eigenvalue weighted by molar-refractivity contribution is 6.31. The maximum Gasteiger partial charge on any atom is 0.490 e. The van der Waals surface area contributed by atoms with Crippen LogP contribution in [-0.4, -0.2) is 83.6 Å². The molecule has 4 heterocycles. The smallest absolute Gasteiger partial charge is 0.490 e. The fourth-order valence-electron chi connectivity index (χ4n) is 6.42. The lowest BCUT2D eigenvalue weighted by Crippen LogP contribution is -2.41. The Morgan fingerprint density at radius 3 is 2.26 bits per heavy atom. The molecule has 0 bridgehead atoms. The number of carbonyl (C=O) groups excluding carboxylic acids is 1. The van der Waals surface area contributed by atoms with Crippen molar-refractivity contribution in [3.05, 3.63) is 52.2 Å². The number of hydrogen-bond donors (Lipinski definition) is 2. The van der Waals surface area contributed by atoms with E-state index in [0.717, 1.165) is 94.6 Å². The van der Waals surface area contributed by atoms with Gasteiger partial charge in [0.15, 0.2) is 0 Å². The number of nitriles is 1. The van der Waals surface area contributed by atoms with Gasteiger partial charge in [0.05, 0.1) is 46.7 Å². The molecular formula is C32H37ClF3N5O5. The van der Waals surface area contributed by atoms with Gasteiger partial charge in [-0.15, -0.1) is 0 Å². The lowest BCUT2D eigenvalue weighted by atomic mass is 9.92. The Morgan fingerprint density at radius 1 is 1.00 bits per heavy atom. The number of carboxylic acid groups (broad SMARTS) is 1. The third-order valence-electron chi connectivity index (χ3n) is 8.90. The van der Waals surface area contributed by atoms with Gasteiger partial charge in [-0.25, -0.2) is 9.78 Å². The van der Waals surface area contributed by atoms with Crippen molar-refractivity contribution >= 4 is 29.3 Å². The summed E-state index contributed by atoms with van der Waals surface area (Å²) in [7, 11) is 0. The number of pyridine rings is 1. The Morgan fingerprint density at radius 2 is 1.65 bits per heavy atom. The first-order valence-corrected chi connectivity index (χ1v) is 16.0. The number of amides is 1. The molecule has 4 aliphatic rings. The molecule has 0 radical (unpaired) electrons. The third kappa shape index (κ3) is 8.40. The SMILES string of the molecule is N#Cc1ccc(OC2CCC(N3Cc4nc(N5CCC(OC6CCNCC6)CC5)ccc4C3=O)CC2)cc1Cl.O=C(O)C(F)(F)F. The molecule has 1 aliphatic carbocycles. The number of halogens is 4. The molecule has 0 unspecified atom stereocenters. The molecule has 1 saturated carbocycles. The number of aromatic nitrogens is 1. The topological polar surface area (TPSA) is 128 Å². The molecule has 2 aromatic rings. The molecule has 248 valence electrons. The molecule has 2 N–H and O–H groups in total. The number of ether oxygens (including phenoxy) is 2. The fourth-order valence-corrected chi connectivity index (χ4v) is 6.63. The lowest BCUT2D eigenvalue weighted by Gasteiger charge is -2.35. The Bertz CT molecular complexity index is 1430. The summed E-state index contributed by atoms with van der Waals surface area (Å²) < 4.78 is 44.3. The van der Waals surface area contributed by atoms with Gasteiger partial charge >= 0.3 is 12.1 Å². The second-order valence-electron chi connectivity index (χ2n) is 12.0. The van der Waals surface area contributed by atoms with Gasteiger partial charge in [0.1, 0.15) is 17.6 Å². The van der Waals surface area contributed by atoms with Crippen molar-refractivity contribution in [3.63, 3.8) is 0 Å². The third-order valence-corrected chi connectivity index (χ3v) is 9.21. The van der Waals surface area contributed by atoms with Crippen LogP contribution in [0.2, 0.25) is 5.02 Å². The van der Waals surface area contributed by atoms with Crippen molar-refractivity contribution in [1.82, 2.24) is 15.2 Å². The maximum atomic E-state index is 13.3. The number of carbonyl (C=O) groups is 2. The molecule has 0 atom stereocenters. The average molecular weight is 664 g/mol. The number of carboxylic acids is 1. The van der Waals surface area contributed by atoms with Crippen LogP contribution in [0.4, 0.5) is 19.0 Å². The van der Waals surface area contributed by atoms with Gasteiger partial charge in [-0.05, 0) is 88.7 Å². The van der Waals surface area contributed by atoms with Gasteiger partial charge in [0.25, 0.3) is 5.91 Å². The van der Waals surface area contributed by atoms with E-state index in [2.05, 4.69) is 16.3 Å². The monoisotopic (exact) mass is 663 g/mol. The second kappa shape index (κ2) is 14.9. The number of alkyl halides is 3. The van der Waals surface area contributed by atoms with Crippen LogP contribution in [0.15, 0.2) is 30.3 Å². The van der Waals surface area contributed by atoms with Crippen LogP contribution in [0.25, 0.3) is 0 Å². The first-order chi connectivity index (χ1) is 22.0. The largest absolute Gasteiger partial charge is 0.490 e. The minimum absolute atomic E-state index is 0.0803. The Kier molecular flexibility index (Phi) is 10.9. The number of nitrogens with one attached hydrogen (secondary N) is 1. The van der Waals surface area contributed by atoms with E-state index in [0.29, 0.717) is 35.1 Å². The zero-order valence-corrected chi connectivity index (χ0v) is 26.0. The van der Waals surface area contributed by atoms with Gasteiger partial charge in [0.2, 0.25) is 0 Å². The maximum absolute atomic E-state index is 13.3. The molecule has 14 heteroatoms. The molecule has 46 heavy (non-hydrogen) atoms. The van der Waals surface area contributed by atoms with Gasteiger partial charge in [-0.3, -0.25) is 4.79 Å². The number of fused-ring (bicyclic) bond motifs is 1. The number of anilines is 1. The molecule has 1 amide bonds.